The number of benzene rings is 2. The van der Waals surface area contributed by atoms with Gasteiger partial charge in [0.1, 0.15) is 5.75 Å². The van der Waals surface area contributed by atoms with Gasteiger partial charge in [-0.3, -0.25) is 4.79 Å². The molecule has 3 nitrogen and oxygen atoms in total. The predicted molar refractivity (Wildman–Crippen MR) is 101 cm³/mol. The number of amides is 1. The molecule has 0 unspecified atom stereocenters. The number of hydrogen-bond donors (Lipinski definition) is 1. The quantitative estimate of drug-likeness (QED) is 0.790. The maximum absolute atomic E-state index is 12.0. The third-order valence-corrected chi connectivity index (χ3v) is 4.77. The lowest BCUT2D eigenvalue weighted by atomic mass is 9.87. The van der Waals surface area contributed by atoms with Crippen LogP contribution in [0, 0.1) is 0 Å². The summed E-state index contributed by atoms with van der Waals surface area (Å²) in [5.74, 6) is 1.22. The standard InChI is InChI=1S/C20H25NO2S/c1-20(2,3)16-9-11-17(12-10-16)24-14-19(22)21-13-15-7-5-6-8-18(15)23-4/h5-12H,13-14H2,1-4H3,(H,21,22). The summed E-state index contributed by atoms with van der Waals surface area (Å²) in [7, 11) is 1.64. The molecule has 0 saturated heterocycles. The van der Waals surface area contributed by atoms with E-state index in [0.717, 1.165) is 16.2 Å². The monoisotopic (exact) mass is 343 g/mol. The van der Waals surface area contributed by atoms with Gasteiger partial charge in [0.2, 0.25) is 5.91 Å². The minimum absolute atomic E-state index is 0.0193. The van der Waals surface area contributed by atoms with Crippen molar-refractivity contribution in [2.75, 3.05) is 12.9 Å². The number of nitrogens with one attached hydrogen (secondary N) is 1. The Hall–Kier alpha value is -1.94. The van der Waals surface area contributed by atoms with Crippen molar-refractivity contribution in [1.29, 1.82) is 0 Å². The van der Waals surface area contributed by atoms with E-state index >= 15 is 0 Å². The molecule has 2 aromatic rings. The highest BCUT2D eigenvalue weighted by Gasteiger charge is 2.13. The van der Waals surface area contributed by atoms with E-state index in [1.807, 2.05) is 24.3 Å². The molecule has 1 amide bonds. The Kier molecular flexibility index (Phi) is 6.32. The van der Waals surface area contributed by atoms with Crippen LogP contribution in [0.5, 0.6) is 5.75 Å². The molecular formula is C20H25NO2S. The molecule has 24 heavy (non-hydrogen) atoms. The molecule has 0 aliphatic rings. The highest BCUT2D eigenvalue weighted by Crippen LogP contribution is 2.25. The molecule has 128 valence electrons. The number of thioether (sulfide) groups is 1. The first kappa shape index (κ1) is 18.4. The van der Waals surface area contributed by atoms with E-state index in [0.29, 0.717) is 12.3 Å². The molecule has 0 aliphatic heterocycles. The highest BCUT2D eigenvalue weighted by molar-refractivity contribution is 8.00. The predicted octanol–water partition coefficient (Wildman–Crippen LogP) is 4.40. The van der Waals surface area contributed by atoms with Gasteiger partial charge in [-0.05, 0) is 29.2 Å². The van der Waals surface area contributed by atoms with E-state index in [1.54, 1.807) is 18.9 Å². The molecule has 2 rings (SSSR count). The average molecular weight is 343 g/mol. The van der Waals surface area contributed by atoms with Crippen molar-refractivity contribution >= 4 is 17.7 Å². The molecule has 0 aliphatic carbocycles. The summed E-state index contributed by atoms with van der Waals surface area (Å²) in [6.45, 7) is 7.06. The van der Waals surface area contributed by atoms with Gasteiger partial charge in [-0.15, -0.1) is 11.8 Å². The van der Waals surface area contributed by atoms with Crippen LogP contribution in [-0.4, -0.2) is 18.8 Å². The van der Waals surface area contributed by atoms with Crippen LogP contribution < -0.4 is 10.1 Å². The minimum atomic E-state index is 0.0193. The molecule has 2 aromatic carbocycles. The van der Waals surface area contributed by atoms with E-state index in [1.165, 1.54) is 5.56 Å². The molecule has 4 heteroatoms. The Bertz CT molecular complexity index is 675. The molecule has 0 saturated carbocycles. The van der Waals surface area contributed by atoms with Crippen LogP contribution in [0.4, 0.5) is 0 Å². The lowest BCUT2D eigenvalue weighted by Gasteiger charge is -2.19. The maximum Gasteiger partial charge on any atom is 0.230 e. The molecule has 0 atom stereocenters. The molecule has 1 N–H and O–H groups in total. The van der Waals surface area contributed by atoms with Crippen LogP contribution in [-0.2, 0) is 16.8 Å². The Labute approximate surface area is 148 Å². The highest BCUT2D eigenvalue weighted by atomic mass is 32.2. The first-order valence-electron chi connectivity index (χ1n) is 8.02. The SMILES string of the molecule is COc1ccccc1CNC(=O)CSc1ccc(C(C)(C)C)cc1. The zero-order chi connectivity index (χ0) is 17.6. The summed E-state index contributed by atoms with van der Waals surface area (Å²) in [6.07, 6.45) is 0. The van der Waals surface area contributed by atoms with E-state index in [2.05, 4.69) is 50.4 Å². The smallest absolute Gasteiger partial charge is 0.230 e. The van der Waals surface area contributed by atoms with E-state index < -0.39 is 0 Å². The summed E-state index contributed by atoms with van der Waals surface area (Å²) in [4.78, 5) is 13.1. The summed E-state index contributed by atoms with van der Waals surface area (Å²) in [5, 5.41) is 2.94. The molecule has 0 bridgehead atoms. The van der Waals surface area contributed by atoms with Crippen LogP contribution in [0.3, 0.4) is 0 Å². The Morgan fingerprint density at radius 3 is 2.38 bits per heavy atom. The van der Waals surface area contributed by atoms with Crippen molar-refractivity contribution in [3.05, 3.63) is 59.7 Å². The summed E-state index contributed by atoms with van der Waals surface area (Å²) >= 11 is 1.55. The minimum Gasteiger partial charge on any atom is -0.496 e. The zero-order valence-electron chi connectivity index (χ0n) is 14.8. The van der Waals surface area contributed by atoms with Crippen LogP contribution in [0.25, 0.3) is 0 Å². The number of hydrogen-bond acceptors (Lipinski definition) is 3. The third-order valence-electron chi connectivity index (χ3n) is 3.76. The number of methoxy groups -OCH3 is 1. The Balaban J connectivity index is 1.83. The average Bonchev–Trinajstić information content (AvgIpc) is 2.58. The fourth-order valence-corrected chi connectivity index (χ4v) is 3.02. The van der Waals surface area contributed by atoms with Crippen molar-refractivity contribution < 1.29 is 9.53 Å². The van der Waals surface area contributed by atoms with Gasteiger partial charge in [-0.2, -0.15) is 0 Å². The third kappa shape index (κ3) is 5.31. The van der Waals surface area contributed by atoms with Gasteiger partial charge in [0.25, 0.3) is 0 Å². The number of para-hydroxylation sites is 1. The van der Waals surface area contributed by atoms with Crippen molar-refractivity contribution in [3.63, 3.8) is 0 Å². The first-order valence-corrected chi connectivity index (χ1v) is 9.00. The van der Waals surface area contributed by atoms with E-state index in [4.69, 9.17) is 4.74 Å². The normalized spacial score (nSPS) is 11.2. The van der Waals surface area contributed by atoms with Crippen LogP contribution >= 0.6 is 11.8 Å². The molecular weight excluding hydrogens is 318 g/mol. The molecule has 0 spiro atoms. The molecule has 0 radical (unpaired) electrons. The van der Waals surface area contributed by atoms with Crippen molar-refractivity contribution in [3.8, 4) is 5.75 Å². The Morgan fingerprint density at radius 1 is 1.08 bits per heavy atom. The topological polar surface area (TPSA) is 38.3 Å². The summed E-state index contributed by atoms with van der Waals surface area (Å²) in [6, 6.07) is 16.1. The largest absolute Gasteiger partial charge is 0.496 e. The second-order valence-corrected chi connectivity index (χ2v) is 7.70. The molecule has 0 fully saturated rings. The summed E-state index contributed by atoms with van der Waals surface area (Å²) in [5.41, 5.74) is 2.43. The lowest BCUT2D eigenvalue weighted by Crippen LogP contribution is -2.24. The van der Waals surface area contributed by atoms with Crippen molar-refractivity contribution in [2.24, 2.45) is 0 Å². The van der Waals surface area contributed by atoms with Gasteiger partial charge in [0, 0.05) is 17.0 Å². The zero-order valence-corrected chi connectivity index (χ0v) is 15.6. The number of carbonyl (C=O) groups excluding carboxylic acids is 1. The van der Waals surface area contributed by atoms with Crippen LogP contribution in [0.2, 0.25) is 0 Å². The van der Waals surface area contributed by atoms with Gasteiger partial charge in [0.05, 0.1) is 12.9 Å². The Morgan fingerprint density at radius 2 is 1.75 bits per heavy atom. The second kappa shape index (κ2) is 8.25. The van der Waals surface area contributed by atoms with Gasteiger partial charge in [-0.25, -0.2) is 0 Å². The fourth-order valence-electron chi connectivity index (χ4n) is 2.29. The van der Waals surface area contributed by atoms with Crippen LogP contribution in [0.1, 0.15) is 31.9 Å². The van der Waals surface area contributed by atoms with Gasteiger partial charge < -0.3 is 10.1 Å². The first-order chi connectivity index (χ1) is 11.4. The number of carbonyl (C=O) groups is 1. The van der Waals surface area contributed by atoms with Crippen molar-refractivity contribution in [1.82, 2.24) is 5.32 Å². The van der Waals surface area contributed by atoms with Crippen LogP contribution in [0.15, 0.2) is 53.4 Å². The second-order valence-electron chi connectivity index (χ2n) is 6.65. The van der Waals surface area contributed by atoms with Crippen molar-refractivity contribution in [2.45, 2.75) is 37.6 Å². The van der Waals surface area contributed by atoms with E-state index in [-0.39, 0.29) is 11.3 Å². The molecule has 0 aromatic heterocycles. The summed E-state index contributed by atoms with van der Waals surface area (Å²) < 4.78 is 5.29. The number of ether oxygens (including phenoxy) is 1. The fraction of sp³-hybridized carbons (Fsp3) is 0.350. The lowest BCUT2D eigenvalue weighted by molar-refractivity contribution is -0.118. The number of rotatable bonds is 6. The molecule has 0 heterocycles. The maximum atomic E-state index is 12.0. The van der Waals surface area contributed by atoms with E-state index in [9.17, 15) is 4.79 Å². The van der Waals surface area contributed by atoms with Gasteiger partial charge in [0.15, 0.2) is 0 Å². The van der Waals surface area contributed by atoms with Gasteiger partial charge in [-0.1, -0.05) is 51.1 Å². The van der Waals surface area contributed by atoms with Gasteiger partial charge >= 0.3 is 0 Å².